The molecule has 0 aliphatic heterocycles. The second-order valence-corrected chi connectivity index (χ2v) is 13.1. The molecule has 14 heteroatoms. The molecule has 0 saturated heterocycles. The predicted octanol–water partition coefficient (Wildman–Crippen LogP) is 9.74. The van der Waals surface area contributed by atoms with Gasteiger partial charge in [-0.25, -0.2) is 24.9 Å². The van der Waals surface area contributed by atoms with Crippen molar-refractivity contribution >= 4 is 106 Å². The number of nitrogens with two attached hydrogens (primary N) is 1. The number of anilines is 5. The van der Waals surface area contributed by atoms with E-state index in [1.807, 2.05) is 48.5 Å². The summed E-state index contributed by atoms with van der Waals surface area (Å²) in [5, 5.41) is 9.62. The topological polar surface area (TPSA) is 137 Å². The van der Waals surface area contributed by atoms with E-state index in [9.17, 15) is 0 Å². The van der Waals surface area contributed by atoms with Gasteiger partial charge in [-0.1, -0.05) is 35.3 Å². The number of pyridine rings is 2. The number of nitrogen functional groups attached to an aromatic ring is 1. The zero-order chi connectivity index (χ0) is 34.3. The number of nitrogens with one attached hydrogen (secondary N) is 2. The van der Waals surface area contributed by atoms with Gasteiger partial charge in [0.2, 0.25) is 0 Å². The number of methoxy groups -OCH3 is 1. The highest BCUT2D eigenvalue weighted by molar-refractivity contribution is 9.10. The Labute approximate surface area is 308 Å². The van der Waals surface area contributed by atoms with E-state index in [0.717, 1.165) is 72.2 Å². The average Bonchev–Trinajstić information content (AvgIpc) is 3.11. The maximum Gasteiger partial charge on any atom is 0.141 e. The van der Waals surface area contributed by atoms with Gasteiger partial charge in [-0.3, -0.25) is 4.98 Å². The highest BCUT2D eigenvalue weighted by atomic mass is 79.9. The van der Waals surface area contributed by atoms with E-state index in [1.165, 1.54) is 18.2 Å². The molecule has 0 aliphatic rings. The third-order valence-corrected chi connectivity index (χ3v) is 9.74. The summed E-state index contributed by atoms with van der Waals surface area (Å²) < 4.78 is 6.85. The van der Waals surface area contributed by atoms with Crippen molar-refractivity contribution in [2.75, 3.05) is 23.5 Å². The Kier molecular flexibility index (Phi) is 11.0. The molecule has 0 atom stereocenters. The van der Waals surface area contributed by atoms with Crippen molar-refractivity contribution in [3.63, 3.8) is 0 Å². The van der Waals surface area contributed by atoms with Crippen LogP contribution in [-0.4, -0.2) is 37.0 Å². The Bertz CT molecular complexity index is 2260. The monoisotopic (exact) mass is 817 g/mol. The molecule has 0 fully saturated rings. The second kappa shape index (κ2) is 15.7. The quantitative estimate of drug-likeness (QED) is 0.136. The molecule has 7 aromatic rings. The summed E-state index contributed by atoms with van der Waals surface area (Å²) in [5.74, 6) is 2.68. The fourth-order valence-corrected chi connectivity index (χ4v) is 5.79. The zero-order valence-corrected chi connectivity index (χ0v) is 30.5. The van der Waals surface area contributed by atoms with Gasteiger partial charge in [0, 0.05) is 36.8 Å². The molecule has 0 unspecified atom stereocenters. The van der Waals surface area contributed by atoms with Crippen LogP contribution < -0.4 is 21.1 Å². The molecule has 246 valence electrons. The lowest BCUT2D eigenvalue weighted by Crippen LogP contribution is -1.99. The van der Waals surface area contributed by atoms with E-state index in [2.05, 4.69) is 84.5 Å². The van der Waals surface area contributed by atoms with Crippen LogP contribution in [0.3, 0.4) is 0 Å². The predicted molar refractivity (Wildman–Crippen MR) is 204 cm³/mol. The summed E-state index contributed by atoms with van der Waals surface area (Å²) >= 11 is 18.9. The van der Waals surface area contributed by atoms with Crippen LogP contribution in [0, 0.1) is 0 Å². The number of aromatic nitrogens is 6. The summed E-state index contributed by atoms with van der Waals surface area (Å²) in [6.07, 6.45) is 8.15. The maximum absolute atomic E-state index is 6.09. The van der Waals surface area contributed by atoms with Crippen LogP contribution in [0.2, 0.25) is 10.0 Å². The van der Waals surface area contributed by atoms with E-state index in [1.54, 1.807) is 31.6 Å². The number of ether oxygens (including phenoxy) is 1. The first kappa shape index (κ1) is 34.3. The molecular formula is C35H27Br2Cl2N9O. The summed E-state index contributed by atoms with van der Waals surface area (Å²) in [6, 6.07) is 23.1. The Morgan fingerprint density at radius 2 is 1.20 bits per heavy atom. The van der Waals surface area contributed by atoms with Gasteiger partial charge in [0.25, 0.3) is 0 Å². The fraction of sp³-hybridized carbons (Fsp3) is 0.0857. The SMILES string of the molecule is COc1ccc(CCc2cc3c(Nc4ccc(Cl)c(Br)c4)ncnc3cn2)cc1.Nc1cc2c(Nc3ccc(Cl)c(Br)c3)ncnc2cn1. The lowest BCUT2D eigenvalue weighted by atomic mass is 10.1. The molecule has 10 nitrogen and oxygen atoms in total. The summed E-state index contributed by atoms with van der Waals surface area (Å²) in [6.45, 7) is 0. The molecule has 0 aliphatic carbocycles. The lowest BCUT2D eigenvalue weighted by Gasteiger charge is -2.10. The fourth-order valence-electron chi connectivity index (χ4n) is 4.80. The number of hydrogen-bond donors (Lipinski definition) is 3. The summed E-state index contributed by atoms with van der Waals surface area (Å²) in [7, 11) is 1.67. The van der Waals surface area contributed by atoms with E-state index in [4.69, 9.17) is 33.7 Å². The molecule has 0 bridgehead atoms. The maximum atomic E-state index is 6.09. The molecule has 4 N–H and O–H groups in total. The van der Waals surface area contributed by atoms with Crippen LogP contribution in [0.15, 0.2) is 107 Å². The molecule has 49 heavy (non-hydrogen) atoms. The zero-order valence-electron chi connectivity index (χ0n) is 25.8. The minimum atomic E-state index is 0.424. The molecular weight excluding hydrogens is 793 g/mol. The Hall–Kier alpha value is -4.62. The molecule has 4 aromatic heterocycles. The third kappa shape index (κ3) is 8.70. The van der Waals surface area contributed by atoms with Crippen LogP contribution >= 0.6 is 55.1 Å². The molecule has 0 spiro atoms. The highest BCUT2D eigenvalue weighted by Crippen LogP contribution is 2.30. The van der Waals surface area contributed by atoms with Crippen LogP contribution in [0.4, 0.5) is 28.8 Å². The minimum Gasteiger partial charge on any atom is -0.497 e. The van der Waals surface area contributed by atoms with E-state index in [0.29, 0.717) is 21.7 Å². The van der Waals surface area contributed by atoms with Gasteiger partial charge >= 0.3 is 0 Å². The number of nitrogens with zero attached hydrogens (tertiary/aromatic N) is 6. The van der Waals surface area contributed by atoms with Crippen molar-refractivity contribution in [2.45, 2.75) is 12.8 Å². The minimum absolute atomic E-state index is 0.424. The average molecular weight is 820 g/mol. The molecule has 0 radical (unpaired) electrons. The molecule has 3 aromatic carbocycles. The van der Waals surface area contributed by atoms with E-state index >= 15 is 0 Å². The standard InChI is InChI=1S/C22H18BrClN4O.C13H9BrClN5/c1-29-17-7-3-14(4-8-17)2-5-15-10-18-21(12-25-15)26-13-27-22(18)28-16-6-9-20(24)19(23)11-16;14-9-3-7(1-2-10(9)15)20-13-8-4-12(16)17-5-11(8)18-6-19-13/h3-4,6-13H,2,5H2,1H3,(H,26,27,28);1-6H,(H2,16,17)(H,18,19,20). The van der Waals surface area contributed by atoms with Gasteiger partial charge in [-0.2, -0.15) is 0 Å². The number of halogens is 4. The number of hydrogen-bond acceptors (Lipinski definition) is 10. The normalized spacial score (nSPS) is 10.8. The number of rotatable bonds is 8. The van der Waals surface area contributed by atoms with Crippen molar-refractivity contribution < 1.29 is 4.74 Å². The molecule has 4 heterocycles. The first-order valence-electron chi connectivity index (χ1n) is 14.8. The summed E-state index contributed by atoms with van der Waals surface area (Å²) in [4.78, 5) is 25.7. The summed E-state index contributed by atoms with van der Waals surface area (Å²) in [5.41, 5.74) is 11.2. The first-order chi connectivity index (χ1) is 23.7. The van der Waals surface area contributed by atoms with Crippen LogP contribution in [0.25, 0.3) is 21.8 Å². The van der Waals surface area contributed by atoms with Crippen molar-refractivity contribution in [3.8, 4) is 5.75 Å². The Morgan fingerprint density at radius 3 is 1.76 bits per heavy atom. The van der Waals surface area contributed by atoms with Gasteiger partial charge in [0.1, 0.15) is 35.9 Å². The largest absolute Gasteiger partial charge is 0.497 e. The highest BCUT2D eigenvalue weighted by Gasteiger charge is 2.09. The van der Waals surface area contributed by atoms with Gasteiger partial charge in [0.15, 0.2) is 0 Å². The number of aryl methyl sites for hydroxylation is 2. The van der Waals surface area contributed by atoms with Crippen LogP contribution in [0.1, 0.15) is 11.3 Å². The van der Waals surface area contributed by atoms with Gasteiger partial charge in [0.05, 0.1) is 40.6 Å². The number of fused-ring (bicyclic) bond motifs is 2. The Morgan fingerprint density at radius 1 is 0.653 bits per heavy atom. The van der Waals surface area contributed by atoms with Crippen LogP contribution in [-0.2, 0) is 12.8 Å². The van der Waals surface area contributed by atoms with Crippen molar-refractivity contribution in [1.29, 1.82) is 0 Å². The van der Waals surface area contributed by atoms with Crippen molar-refractivity contribution in [2.24, 2.45) is 0 Å². The van der Waals surface area contributed by atoms with Crippen molar-refractivity contribution in [3.05, 3.63) is 128 Å². The van der Waals surface area contributed by atoms with Gasteiger partial charge in [-0.05, 0) is 111 Å². The van der Waals surface area contributed by atoms with E-state index in [-0.39, 0.29) is 0 Å². The van der Waals surface area contributed by atoms with E-state index < -0.39 is 0 Å². The first-order valence-corrected chi connectivity index (χ1v) is 17.1. The second-order valence-electron chi connectivity index (χ2n) is 10.6. The lowest BCUT2D eigenvalue weighted by molar-refractivity contribution is 0.414. The molecule has 0 saturated carbocycles. The van der Waals surface area contributed by atoms with Crippen molar-refractivity contribution in [1.82, 2.24) is 29.9 Å². The number of benzene rings is 3. The smallest absolute Gasteiger partial charge is 0.141 e. The Balaban J connectivity index is 0.000000182. The molecule has 7 rings (SSSR count). The van der Waals surface area contributed by atoms with Gasteiger partial charge < -0.3 is 21.1 Å². The third-order valence-electron chi connectivity index (χ3n) is 7.31. The molecule has 0 amide bonds. The van der Waals surface area contributed by atoms with Gasteiger partial charge in [-0.15, -0.1) is 0 Å². The van der Waals surface area contributed by atoms with Crippen LogP contribution in [0.5, 0.6) is 5.75 Å².